The zero-order valence-electron chi connectivity index (χ0n) is 16.4. The maximum Gasteiger partial charge on any atom is 0.191 e. The van der Waals surface area contributed by atoms with Crippen molar-refractivity contribution in [3.8, 4) is 0 Å². The van der Waals surface area contributed by atoms with Crippen molar-refractivity contribution in [3.63, 3.8) is 0 Å². The van der Waals surface area contributed by atoms with Crippen molar-refractivity contribution in [1.29, 1.82) is 0 Å². The number of guanidine groups is 1. The van der Waals surface area contributed by atoms with E-state index in [1.807, 2.05) is 7.05 Å². The highest BCUT2D eigenvalue weighted by atomic mass is 16.5. The third-order valence-corrected chi connectivity index (χ3v) is 5.32. The van der Waals surface area contributed by atoms with Gasteiger partial charge < -0.3 is 20.1 Å². The number of hydrogen-bond donors (Lipinski definition) is 2. The van der Waals surface area contributed by atoms with E-state index >= 15 is 0 Å². The van der Waals surface area contributed by atoms with Gasteiger partial charge in [0.2, 0.25) is 0 Å². The van der Waals surface area contributed by atoms with Gasteiger partial charge in [0.25, 0.3) is 0 Å². The molecule has 6 heteroatoms. The fourth-order valence-corrected chi connectivity index (χ4v) is 3.44. The molecule has 0 aromatic carbocycles. The van der Waals surface area contributed by atoms with E-state index in [-0.39, 0.29) is 0 Å². The fraction of sp³-hybridized carbons (Fsp3) is 0.947. The number of nitrogens with one attached hydrogen (secondary N) is 2. The van der Waals surface area contributed by atoms with Gasteiger partial charge in [-0.3, -0.25) is 9.89 Å². The summed E-state index contributed by atoms with van der Waals surface area (Å²) in [6, 6.07) is 0.542. The smallest absolute Gasteiger partial charge is 0.191 e. The Morgan fingerprint density at radius 2 is 2.08 bits per heavy atom. The third kappa shape index (κ3) is 7.92. The molecule has 0 aromatic rings. The van der Waals surface area contributed by atoms with E-state index in [2.05, 4.69) is 34.4 Å². The topological polar surface area (TPSA) is 58.1 Å². The minimum absolute atomic E-state index is 0.321. The van der Waals surface area contributed by atoms with Crippen LogP contribution in [0, 0.1) is 5.92 Å². The molecule has 2 atom stereocenters. The molecule has 2 aliphatic heterocycles. The second-order valence-electron chi connectivity index (χ2n) is 7.51. The van der Waals surface area contributed by atoms with Gasteiger partial charge in [0.15, 0.2) is 5.96 Å². The van der Waals surface area contributed by atoms with Crippen LogP contribution in [0.3, 0.4) is 0 Å². The van der Waals surface area contributed by atoms with E-state index in [0.29, 0.717) is 12.1 Å². The van der Waals surface area contributed by atoms with Crippen molar-refractivity contribution in [3.05, 3.63) is 0 Å². The van der Waals surface area contributed by atoms with Crippen LogP contribution in [0.15, 0.2) is 4.99 Å². The number of hydrogen-bond acceptors (Lipinski definition) is 4. The highest BCUT2D eigenvalue weighted by molar-refractivity contribution is 5.79. The van der Waals surface area contributed by atoms with Gasteiger partial charge in [-0.1, -0.05) is 6.92 Å². The summed E-state index contributed by atoms with van der Waals surface area (Å²) in [7, 11) is 1.83. The van der Waals surface area contributed by atoms with E-state index in [9.17, 15) is 0 Å². The largest absolute Gasteiger partial charge is 0.379 e. The second kappa shape index (κ2) is 11.7. The molecule has 0 bridgehead atoms. The Bertz CT molecular complexity index is 378. The summed E-state index contributed by atoms with van der Waals surface area (Å²) in [6.45, 7) is 11.3. The van der Waals surface area contributed by atoms with Crippen molar-refractivity contribution < 1.29 is 9.47 Å². The normalized spacial score (nSPS) is 24.4. The van der Waals surface area contributed by atoms with Gasteiger partial charge in [0.05, 0.1) is 12.7 Å². The molecule has 2 heterocycles. The molecule has 0 aromatic heterocycles. The lowest BCUT2D eigenvalue weighted by Crippen LogP contribution is -2.48. The lowest BCUT2D eigenvalue weighted by Gasteiger charge is -2.35. The standard InChI is InChI=1S/C19H38N4O2/c1-16-7-10-23(11-8-16)17(2)14-22-19(20-3)21-9-5-12-24-15-18-6-4-13-25-18/h16-18H,4-15H2,1-3H3,(H2,20,21,22). The van der Waals surface area contributed by atoms with E-state index in [1.165, 1.54) is 32.4 Å². The lowest BCUT2D eigenvalue weighted by molar-refractivity contribution is 0.0168. The van der Waals surface area contributed by atoms with E-state index in [4.69, 9.17) is 9.47 Å². The predicted molar refractivity (Wildman–Crippen MR) is 103 cm³/mol. The summed E-state index contributed by atoms with van der Waals surface area (Å²) in [6.07, 6.45) is 6.26. The molecule has 25 heavy (non-hydrogen) atoms. The Kier molecular flexibility index (Phi) is 9.58. The zero-order chi connectivity index (χ0) is 17.9. The molecule has 0 saturated carbocycles. The molecule has 2 aliphatic rings. The molecular weight excluding hydrogens is 316 g/mol. The molecule has 6 nitrogen and oxygen atoms in total. The predicted octanol–water partition coefficient (Wildman–Crippen LogP) is 1.86. The molecule has 2 unspecified atom stereocenters. The lowest BCUT2D eigenvalue weighted by atomic mass is 9.98. The van der Waals surface area contributed by atoms with E-state index in [0.717, 1.165) is 57.6 Å². The molecule has 0 aliphatic carbocycles. The number of nitrogens with zero attached hydrogens (tertiary/aromatic N) is 2. The average molecular weight is 355 g/mol. The highest BCUT2D eigenvalue weighted by Gasteiger charge is 2.20. The summed E-state index contributed by atoms with van der Waals surface area (Å²) >= 11 is 0. The van der Waals surface area contributed by atoms with Crippen molar-refractivity contribution >= 4 is 5.96 Å². The van der Waals surface area contributed by atoms with E-state index in [1.54, 1.807) is 0 Å². The third-order valence-electron chi connectivity index (χ3n) is 5.32. The van der Waals surface area contributed by atoms with Gasteiger partial charge in [-0.25, -0.2) is 0 Å². The first-order chi connectivity index (χ1) is 12.2. The van der Waals surface area contributed by atoms with Crippen LogP contribution in [0.25, 0.3) is 0 Å². The van der Waals surface area contributed by atoms with Gasteiger partial charge in [-0.05, 0) is 58.0 Å². The number of ether oxygens (including phenoxy) is 2. The minimum atomic E-state index is 0.321. The van der Waals surface area contributed by atoms with Crippen LogP contribution in [-0.2, 0) is 9.47 Å². The van der Waals surface area contributed by atoms with Crippen molar-refractivity contribution in [1.82, 2.24) is 15.5 Å². The summed E-state index contributed by atoms with van der Waals surface area (Å²) in [4.78, 5) is 6.90. The molecule has 2 fully saturated rings. The number of rotatable bonds is 9. The summed E-state index contributed by atoms with van der Waals surface area (Å²) in [5.41, 5.74) is 0. The molecule has 146 valence electrons. The van der Waals surface area contributed by atoms with Crippen LogP contribution in [0.5, 0.6) is 0 Å². The number of aliphatic imine (C=N–C) groups is 1. The van der Waals surface area contributed by atoms with Gasteiger partial charge in [-0.15, -0.1) is 0 Å². The van der Waals surface area contributed by atoms with Gasteiger partial charge in [0, 0.05) is 39.4 Å². The van der Waals surface area contributed by atoms with Crippen molar-refractivity contribution in [2.24, 2.45) is 10.9 Å². The van der Waals surface area contributed by atoms with Crippen LogP contribution in [0.1, 0.15) is 46.0 Å². The number of piperidine rings is 1. The Morgan fingerprint density at radius 3 is 2.76 bits per heavy atom. The minimum Gasteiger partial charge on any atom is -0.379 e. The molecule has 0 radical (unpaired) electrons. The van der Waals surface area contributed by atoms with Gasteiger partial charge in [-0.2, -0.15) is 0 Å². The second-order valence-corrected chi connectivity index (χ2v) is 7.51. The first-order valence-electron chi connectivity index (χ1n) is 10.1. The monoisotopic (exact) mass is 354 g/mol. The Morgan fingerprint density at radius 1 is 1.28 bits per heavy atom. The summed E-state index contributed by atoms with van der Waals surface area (Å²) < 4.78 is 11.2. The SMILES string of the molecule is CN=C(NCCCOCC1CCCO1)NCC(C)N1CCC(C)CC1. The van der Waals surface area contributed by atoms with Gasteiger partial charge in [0.1, 0.15) is 0 Å². The van der Waals surface area contributed by atoms with Crippen LogP contribution >= 0.6 is 0 Å². The van der Waals surface area contributed by atoms with Gasteiger partial charge >= 0.3 is 0 Å². The molecule has 2 saturated heterocycles. The van der Waals surface area contributed by atoms with Crippen LogP contribution in [-0.4, -0.2) is 76.1 Å². The summed E-state index contributed by atoms with van der Waals surface area (Å²) in [5, 5.41) is 6.82. The first-order valence-corrected chi connectivity index (χ1v) is 10.1. The Labute approximate surface area is 153 Å². The summed E-state index contributed by atoms with van der Waals surface area (Å²) in [5.74, 6) is 1.77. The van der Waals surface area contributed by atoms with E-state index < -0.39 is 0 Å². The van der Waals surface area contributed by atoms with Crippen LogP contribution < -0.4 is 10.6 Å². The van der Waals surface area contributed by atoms with Crippen LogP contribution in [0.4, 0.5) is 0 Å². The van der Waals surface area contributed by atoms with Crippen molar-refractivity contribution in [2.45, 2.75) is 58.1 Å². The molecule has 2 rings (SSSR count). The molecule has 0 spiro atoms. The number of likely N-dealkylation sites (tertiary alicyclic amines) is 1. The highest BCUT2D eigenvalue weighted by Crippen LogP contribution is 2.17. The van der Waals surface area contributed by atoms with Crippen LogP contribution in [0.2, 0.25) is 0 Å². The molecular formula is C19H38N4O2. The van der Waals surface area contributed by atoms with Crippen molar-refractivity contribution in [2.75, 3.05) is 53.0 Å². The zero-order valence-corrected chi connectivity index (χ0v) is 16.4. The maximum atomic E-state index is 5.69. The molecule has 0 amide bonds. The quantitative estimate of drug-likeness (QED) is 0.376. The first kappa shape index (κ1) is 20.5. The molecule has 2 N–H and O–H groups in total. The fourth-order valence-electron chi connectivity index (χ4n) is 3.44. The Balaban J connectivity index is 1.49. The Hall–Kier alpha value is -0.850. The average Bonchev–Trinajstić information content (AvgIpc) is 3.14. The maximum absolute atomic E-state index is 5.69.